The van der Waals surface area contributed by atoms with Crippen LogP contribution in [-0.4, -0.2) is 22.8 Å². The summed E-state index contributed by atoms with van der Waals surface area (Å²) < 4.78 is 34.0. The van der Waals surface area contributed by atoms with Crippen molar-refractivity contribution in [3.05, 3.63) is 53.8 Å². The van der Waals surface area contributed by atoms with Gasteiger partial charge in [-0.1, -0.05) is 24.3 Å². The highest BCUT2D eigenvalue weighted by Gasteiger charge is 2.59. The largest absolute Gasteiger partial charge is 0.491 e. The molecule has 0 radical (unpaired) electrons. The molecular weight excluding hydrogens is 338 g/mol. The van der Waals surface area contributed by atoms with Crippen molar-refractivity contribution < 1.29 is 23.4 Å². The molecule has 2 atom stereocenters. The Kier molecular flexibility index (Phi) is 4.99. The van der Waals surface area contributed by atoms with Crippen LogP contribution >= 0.6 is 0 Å². The number of carbonyl (C=O) groups is 1. The Balaban J connectivity index is 1.69. The predicted octanol–water partition coefficient (Wildman–Crippen LogP) is 5.03. The molecule has 1 aliphatic rings. The minimum atomic E-state index is -1.58. The fourth-order valence-electron chi connectivity index (χ4n) is 3.14. The predicted molar refractivity (Wildman–Crippen MR) is 95.5 cm³/mol. The normalized spacial score (nSPS) is 21.7. The zero-order valence-corrected chi connectivity index (χ0v) is 14.8. The van der Waals surface area contributed by atoms with Crippen molar-refractivity contribution in [2.75, 3.05) is 0 Å². The van der Waals surface area contributed by atoms with E-state index in [0.29, 0.717) is 23.3 Å². The average Bonchev–Trinajstić information content (AvgIpc) is 3.28. The van der Waals surface area contributed by atoms with E-state index in [4.69, 9.17) is 9.84 Å². The Hall–Kier alpha value is -2.43. The van der Waals surface area contributed by atoms with Crippen LogP contribution in [0.15, 0.2) is 42.5 Å². The van der Waals surface area contributed by atoms with Crippen LogP contribution in [0.5, 0.6) is 5.75 Å². The zero-order valence-electron chi connectivity index (χ0n) is 14.8. The average molecular weight is 360 g/mol. The number of aliphatic carboxylic acids is 1. The van der Waals surface area contributed by atoms with E-state index in [9.17, 15) is 13.6 Å². The number of ether oxygens (including phenoxy) is 1. The smallest absolute Gasteiger partial charge is 0.309 e. The summed E-state index contributed by atoms with van der Waals surface area (Å²) in [5, 5.41) is 8.87. The van der Waals surface area contributed by atoms with Gasteiger partial charge in [0.15, 0.2) is 0 Å². The molecule has 0 bridgehead atoms. The van der Waals surface area contributed by atoms with Crippen molar-refractivity contribution in [3.63, 3.8) is 0 Å². The number of halogens is 2. The SMILES string of the molecule is CC(C)Oc1ccc(F)c(-c2ccc(CC[C@@]3(F)CC3C(=O)O)cc2)c1. The number of hydrogen-bond donors (Lipinski definition) is 1. The number of hydrogen-bond acceptors (Lipinski definition) is 2. The van der Waals surface area contributed by atoms with E-state index in [1.54, 1.807) is 24.3 Å². The van der Waals surface area contributed by atoms with Crippen molar-refractivity contribution in [1.29, 1.82) is 0 Å². The molecule has 0 heterocycles. The lowest BCUT2D eigenvalue weighted by Gasteiger charge is -2.12. The van der Waals surface area contributed by atoms with Gasteiger partial charge in [-0.25, -0.2) is 8.78 Å². The van der Waals surface area contributed by atoms with E-state index < -0.39 is 17.6 Å². The summed E-state index contributed by atoms with van der Waals surface area (Å²) in [7, 11) is 0. The molecule has 1 unspecified atom stereocenters. The van der Waals surface area contributed by atoms with Crippen LogP contribution in [-0.2, 0) is 11.2 Å². The summed E-state index contributed by atoms with van der Waals surface area (Å²) in [4.78, 5) is 10.8. The number of carboxylic acid groups (broad SMARTS) is 1. The summed E-state index contributed by atoms with van der Waals surface area (Å²) >= 11 is 0. The number of carboxylic acids is 1. The van der Waals surface area contributed by atoms with Gasteiger partial charge in [0.25, 0.3) is 0 Å². The number of benzene rings is 2. The highest BCUT2D eigenvalue weighted by atomic mass is 19.1. The van der Waals surface area contributed by atoms with Gasteiger partial charge in [0.05, 0.1) is 12.0 Å². The Labute approximate surface area is 151 Å². The Morgan fingerprint density at radius 3 is 2.54 bits per heavy atom. The van der Waals surface area contributed by atoms with E-state index in [2.05, 4.69) is 0 Å². The monoisotopic (exact) mass is 360 g/mol. The lowest BCUT2D eigenvalue weighted by Crippen LogP contribution is -2.12. The van der Waals surface area contributed by atoms with Crippen LogP contribution in [0.3, 0.4) is 0 Å². The molecule has 1 saturated carbocycles. The van der Waals surface area contributed by atoms with E-state index in [0.717, 1.165) is 5.56 Å². The second-order valence-corrected chi connectivity index (χ2v) is 7.13. The highest BCUT2D eigenvalue weighted by molar-refractivity contribution is 5.75. The quantitative estimate of drug-likeness (QED) is 0.754. The third-order valence-electron chi connectivity index (χ3n) is 4.71. The number of alkyl halides is 1. The standard InChI is InChI=1S/C21H22F2O3/c1-13(2)26-16-7-8-19(22)17(11-16)15-5-3-14(4-6-15)9-10-21(23)12-18(21)20(24)25/h3-8,11,13,18H,9-10,12H2,1-2H3,(H,24,25)/t18?,21-/m1/s1. The van der Waals surface area contributed by atoms with Crippen LogP contribution in [0.1, 0.15) is 32.3 Å². The molecule has 2 aromatic carbocycles. The lowest BCUT2D eigenvalue weighted by atomic mass is 10.00. The second-order valence-electron chi connectivity index (χ2n) is 7.13. The Morgan fingerprint density at radius 1 is 1.27 bits per heavy atom. The minimum Gasteiger partial charge on any atom is -0.491 e. The summed E-state index contributed by atoms with van der Waals surface area (Å²) in [5.74, 6) is -1.67. The zero-order chi connectivity index (χ0) is 18.9. The third-order valence-corrected chi connectivity index (χ3v) is 4.71. The van der Waals surface area contributed by atoms with Gasteiger partial charge in [0.1, 0.15) is 17.2 Å². The molecule has 1 fully saturated rings. The summed E-state index contributed by atoms with van der Waals surface area (Å²) in [6.45, 7) is 3.81. The first-order chi connectivity index (χ1) is 12.3. The Bertz CT molecular complexity index is 801. The number of rotatable bonds is 7. The third kappa shape index (κ3) is 4.03. The van der Waals surface area contributed by atoms with Gasteiger partial charge in [0, 0.05) is 5.56 Å². The summed E-state index contributed by atoms with van der Waals surface area (Å²) in [5.41, 5.74) is 0.478. The van der Waals surface area contributed by atoms with Gasteiger partial charge in [-0.15, -0.1) is 0 Å². The van der Waals surface area contributed by atoms with Crippen LogP contribution in [0, 0.1) is 11.7 Å². The first kappa shape index (κ1) is 18.4. The number of aryl methyl sites for hydroxylation is 1. The molecule has 2 aromatic rings. The van der Waals surface area contributed by atoms with Crippen LogP contribution in [0.2, 0.25) is 0 Å². The molecule has 0 spiro atoms. The van der Waals surface area contributed by atoms with Crippen LogP contribution in [0.25, 0.3) is 11.1 Å². The molecule has 1 N–H and O–H groups in total. The molecule has 26 heavy (non-hydrogen) atoms. The summed E-state index contributed by atoms with van der Waals surface area (Å²) in [6, 6.07) is 11.9. The molecule has 5 heteroatoms. The second kappa shape index (κ2) is 7.06. The maximum atomic E-state index is 14.2. The van der Waals surface area contributed by atoms with Crippen molar-refractivity contribution in [1.82, 2.24) is 0 Å². The van der Waals surface area contributed by atoms with Gasteiger partial charge >= 0.3 is 5.97 Å². The molecule has 0 saturated heterocycles. The van der Waals surface area contributed by atoms with Crippen molar-refractivity contribution >= 4 is 5.97 Å². The molecule has 0 amide bonds. The molecule has 3 rings (SSSR count). The molecular formula is C21H22F2O3. The topological polar surface area (TPSA) is 46.5 Å². The maximum absolute atomic E-state index is 14.2. The maximum Gasteiger partial charge on any atom is 0.309 e. The molecule has 1 aliphatic carbocycles. The van der Waals surface area contributed by atoms with Gasteiger partial charge in [0.2, 0.25) is 0 Å². The van der Waals surface area contributed by atoms with Gasteiger partial charge in [-0.2, -0.15) is 0 Å². The van der Waals surface area contributed by atoms with Crippen LogP contribution < -0.4 is 4.74 Å². The molecule has 0 aliphatic heterocycles. The Morgan fingerprint density at radius 2 is 1.96 bits per heavy atom. The highest BCUT2D eigenvalue weighted by Crippen LogP contribution is 2.50. The van der Waals surface area contributed by atoms with Gasteiger partial charge in [-0.05, 0) is 62.4 Å². The molecule has 0 aromatic heterocycles. The van der Waals surface area contributed by atoms with Crippen molar-refractivity contribution in [2.24, 2.45) is 5.92 Å². The lowest BCUT2D eigenvalue weighted by molar-refractivity contribution is -0.139. The molecule has 138 valence electrons. The fourth-order valence-corrected chi connectivity index (χ4v) is 3.14. The molecule has 3 nitrogen and oxygen atoms in total. The van der Waals surface area contributed by atoms with Crippen molar-refractivity contribution in [3.8, 4) is 16.9 Å². The first-order valence-corrected chi connectivity index (χ1v) is 8.76. The minimum absolute atomic E-state index is 0.000705. The van der Waals surface area contributed by atoms with E-state index >= 15 is 0 Å². The van der Waals surface area contributed by atoms with E-state index in [-0.39, 0.29) is 24.8 Å². The van der Waals surface area contributed by atoms with E-state index in [1.165, 1.54) is 6.07 Å². The van der Waals surface area contributed by atoms with E-state index in [1.807, 2.05) is 26.0 Å². The van der Waals surface area contributed by atoms with Crippen molar-refractivity contribution in [2.45, 2.75) is 44.9 Å². The fraction of sp³-hybridized carbons (Fsp3) is 0.381. The van der Waals surface area contributed by atoms with Crippen LogP contribution in [0.4, 0.5) is 8.78 Å². The van der Waals surface area contributed by atoms with Gasteiger partial charge in [-0.3, -0.25) is 4.79 Å². The van der Waals surface area contributed by atoms with Gasteiger partial charge < -0.3 is 9.84 Å². The summed E-state index contributed by atoms with van der Waals surface area (Å²) in [6.07, 6.45) is 0.740. The first-order valence-electron chi connectivity index (χ1n) is 8.76.